The number of aliphatic hydroxyl groups excluding tert-OH is 1. The summed E-state index contributed by atoms with van der Waals surface area (Å²) >= 11 is 0. The maximum Gasteiger partial charge on any atom is 0.224 e. The number of amides is 1. The molecule has 1 atom stereocenters. The van der Waals surface area contributed by atoms with Crippen molar-refractivity contribution < 1.29 is 19.2 Å². The Bertz CT molecular complexity index is 686. The topological polar surface area (TPSA) is 96.6 Å². The standard InChI is InChI=1S/C19H27N3O4/c1-4-5-19(24)22-14-6-7-17(16(10-14)18-8-9-21-26-18)25-12-15(23)11-20-13(2)3/h6-10,13,15,20,23H,4-5,11-12H2,1-3H3,(H,22,24). The summed E-state index contributed by atoms with van der Waals surface area (Å²) in [4.78, 5) is 11.8. The number of aliphatic hydroxyl groups is 1. The fourth-order valence-electron chi connectivity index (χ4n) is 2.35. The van der Waals surface area contributed by atoms with Crippen molar-refractivity contribution in [2.75, 3.05) is 18.5 Å². The van der Waals surface area contributed by atoms with Crippen LogP contribution in [0.2, 0.25) is 0 Å². The highest BCUT2D eigenvalue weighted by Crippen LogP contribution is 2.32. The first-order valence-corrected chi connectivity index (χ1v) is 8.88. The molecule has 2 rings (SSSR count). The number of hydrogen-bond donors (Lipinski definition) is 3. The van der Waals surface area contributed by atoms with Crippen LogP contribution in [0.25, 0.3) is 11.3 Å². The number of ether oxygens (including phenoxy) is 1. The predicted octanol–water partition coefficient (Wildman–Crippen LogP) is 2.82. The molecule has 0 spiro atoms. The number of benzene rings is 1. The summed E-state index contributed by atoms with van der Waals surface area (Å²) in [6.45, 7) is 6.57. The van der Waals surface area contributed by atoms with Crippen LogP contribution in [-0.4, -0.2) is 41.5 Å². The van der Waals surface area contributed by atoms with Crippen molar-refractivity contribution >= 4 is 11.6 Å². The van der Waals surface area contributed by atoms with Gasteiger partial charge in [-0.05, 0) is 24.6 Å². The van der Waals surface area contributed by atoms with Crippen LogP contribution >= 0.6 is 0 Å². The Morgan fingerprint density at radius 1 is 1.35 bits per heavy atom. The van der Waals surface area contributed by atoms with Crippen LogP contribution in [0.15, 0.2) is 35.0 Å². The lowest BCUT2D eigenvalue weighted by Gasteiger charge is -2.17. The lowest BCUT2D eigenvalue weighted by atomic mass is 10.1. The molecule has 26 heavy (non-hydrogen) atoms. The van der Waals surface area contributed by atoms with Crippen LogP contribution in [0.1, 0.15) is 33.6 Å². The van der Waals surface area contributed by atoms with E-state index < -0.39 is 6.10 Å². The Labute approximate surface area is 153 Å². The Morgan fingerprint density at radius 3 is 2.81 bits per heavy atom. The summed E-state index contributed by atoms with van der Waals surface area (Å²) in [7, 11) is 0. The van der Waals surface area contributed by atoms with Crippen molar-refractivity contribution in [1.29, 1.82) is 0 Å². The molecule has 0 saturated heterocycles. The summed E-state index contributed by atoms with van der Waals surface area (Å²) in [6, 6.07) is 7.31. The molecule has 0 saturated carbocycles. The summed E-state index contributed by atoms with van der Waals surface area (Å²) in [5.74, 6) is 1.04. The highest BCUT2D eigenvalue weighted by Gasteiger charge is 2.14. The van der Waals surface area contributed by atoms with Crippen LogP contribution in [0.5, 0.6) is 5.75 Å². The molecule has 7 heteroatoms. The van der Waals surface area contributed by atoms with Gasteiger partial charge in [0.25, 0.3) is 0 Å². The number of nitrogens with one attached hydrogen (secondary N) is 2. The van der Waals surface area contributed by atoms with Crippen LogP contribution < -0.4 is 15.4 Å². The van der Waals surface area contributed by atoms with E-state index in [-0.39, 0.29) is 12.5 Å². The van der Waals surface area contributed by atoms with Crippen LogP contribution in [0, 0.1) is 0 Å². The van der Waals surface area contributed by atoms with Gasteiger partial charge in [-0.25, -0.2) is 0 Å². The van der Waals surface area contributed by atoms with E-state index >= 15 is 0 Å². The van der Waals surface area contributed by atoms with E-state index in [2.05, 4.69) is 15.8 Å². The van der Waals surface area contributed by atoms with E-state index in [1.165, 1.54) is 0 Å². The highest BCUT2D eigenvalue weighted by molar-refractivity contribution is 5.91. The zero-order chi connectivity index (χ0) is 18.9. The summed E-state index contributed by atoms with van der Waals surface area (Å²) in [5.41, 5.74) is 1.32. The molecule has 7 nitrogen and oxygen atoms in total. The van der Waals surface area contributed by atoms with Gasteiger partial charge in [-0.3, -0.25) is 4.79 Å². The predicted molar refractivity (Wildman–Crippen MR) is 100 cm³/mol. The lowest BCUT2D eigenvalue weighted by molar-refractivity contribution is -0.116. The number of hydrogen-bond acceptors (Lipinski definition) is 6. The maximum absolute atomic E-state index is 11.8. The molecule has 1 aromatic carbocycles. The fraction of sp³-hybridized carbons (Fsp3) is 0.474. The van der Waals surface area contributed by atoms with Gasteiger partial charge in [0.2, 0.25) is 5.91 Å². The Hall–Kier alpha value is -2.38. The molecular formula is C19H27N3O4. The molecule has 142 valence electrons. The molecule has 0 aliphatic carbocycles. The van der Waals surface area contributed by atoms with E-state index in [4.69, 9.17) is 9.26 Å². The molecule has 1 aromatic heterocycles. The van der Waals surface area contributed by atoms with E-state index in [1.54, 1.807) is 30.5 Å². The van der Waals surface area contributed by atoms with Crippen LogP contribution in [0.4, 0.5) is 5.69 Å². The molecule has 0 radical (unpaired) electrons. The number of carbonyl (C=O) groups excluding carboxylic acids is 1. The van der Waals surface area contributed by atoms with Crippen molar-refractivity contribution in [3.63, 3.8) is 0 Å². The van der Waals surface area contributed by atoms with E-state index in [9.17, 15) is 9.90 Å². The number of rotatable bonds is 10. The Kier molecular flexibility index (Phi) is 7.62. The number of nitrogens with zero attached hydrogens (tertiary/aromatic N) is 1. The van der Waals surface area contributed by atoms with Gasteiger partial charge in [0, 0.05) is 30.8 Å². The first-order chi connectivity index (χ1) is 12.5. The molecule has 0 aliphatic heterocycles. The van der Waals surface area contributed by atoms with E-state index in [0.717, 1.165) is 6.42 Å². The third-order valence-corrected chi connectivity index (χ3v) is 3.64. The molecule has 3 N–H and O–H groups in total. The van der Waals surface area contributed by atoms with E-state index in [0.29, 0.717) is 41.8 Å². The first-order valence-electron chi connectivity index (χ1n) is 8.88. The zero-order valence-electron chi connectivity index (χ0n) is 15.5. The van der Waals surface area contributed by atoms with Gasteiger partial charge in [-0.1, -0.05) is 25.9 Å². The number of anilines is 1. The molecule has 0 aliphatic rings. The first kappa shape index (κ1) is 19.9. The summed E-state index contributed by atoms with van der Waals surface area (Å²) in [6.07, 6.45) is 2.15. The van der Waals surface area contributed by atoms with Crippen molar-refractivity contribution in [3.05, 3.63) is 30.5 Å². The van der Waals surface area contributed by atoms with E-state index in [1.807, 2.05) is 20.8 Å². The normalized spacial score (nSPS) is 12.2. The van der Waals surface area contributed by atoms with Crippen LogP contribution in [-0.2, 0) is 4.79 Å². The Balaban J connectivity index is 2.11. The fourth-order valence-corrected chi connectivity index (χ4v) is 2.35. The number of aromatic nitrogens is 1. The van der Waals surface area contributed by atoms with Gasteiger partial charge >= 0.3 is 0 Å². The van der Waals surface area contributed by atoms with Gasteiger partial charge in [0.05, 0.1) is 11.8 Å². The average Bonchev–Trinajstić information content (AvgIpc) is 3.13. The maximum atomic E-state index is 11.8. The minimum Gasteiger partial charge on any atom is -0.490 e. The third-order valence-electron chi connectivity index (χ3n) is 3.64. The van der Waals surface area contributed by atoms with Crippen molar-refractivity contribution in [2.24, 2.45) is 0 Å². The average molecular weight is 361 g/mol. The molecule has 0 bridgehead atoms. The smallest absolute Gasteiger partial charge is 0.224 e. The van der Waals surface area contributed by atoms with Crippen molar-refractivity contribution in [1.82, 2.24) is 10.5 Å². The highest BCUT2D eigenvalue weighted by atomic mass is 16.5. The van der Waals surface area contributed by atoms with Crippen molar-refractivity contribution in [3.8, 4) is 17.1 Å². The Morgan fingerprint density at radius 2 is 2.15 bits per heavy atom. The summed E-state index contributed by atoms with van der Waals surface area (Å²) in [5, 5.41) is 19.8. The van der Waals surface area contributed by atoms with Gasteiger partial charge in [0.1, 0.15) is 18.5 Å². The van der Waals surface area contributed by atoms with Crippen molar-refractivity contribution in [2.45, 2.75) is 45.8 Å². The second-order valence-corrected chi connectivity index (χ2v) is 6.41. The van der Waals surface area contributed by atoms with Crippen LogP contribution in [0.3, 0.4) is 0 Å². The molecule has 1 heterocycles. The largest absolute Gasteiger partial charge is 0.490 e. The quantitative estimate of drug-likeness (QED) is 0.602. The molecule has 1 amide bonds. The number of carbonyl (C=O) groups is 1. The SMILES string of the molecule is CCCC(=O)Nc1ccc(OCC(O)CNC(C)C)c(-c2ccno2)c1. The van der Waals surface area contributed by atoms with Gasteiger partial charge in [0.15, 0.2) is 5.76 Å². The molecule has 0 fully saturated rings. The van der Waals surface area contributed by atoms with Gasteiger partial charge < -0.3 is 25.0 Å². The third kappa shape index (κ3) is 6.16. The minimum atomic E-state index is -0.635. The van der Waals surface area contributed by atoms with Gasteiger partial charge in [-0.2, -0.15) is 0 Å². The summed E-state index contributed by atoms with van der Waals surface area (Å²) < 4.78 is 11.0. The molecule has 1 unspecified atom stereocenters. The van der Waals surface area contributed by atoms with Gasteiger partial charge in [-0.15, -0.1) is 0 Å². The monoisotopic (exact) mass is 361 g/mol. The second kappa shape index (κ2) is 9.94. The second-order valence-electron chi connectivity index (χ2n) is 6.41. The molecule has 2 aromatic rings. The zero-order valence-corrected chi connectivity index (χ0v) is 15.5. The lowest BCUT2D eigenvalue weighted by Crippen LogP contribution is -2.35. The molecular weight excluding hydrogens is 334 g/mol. The minimum absolute atomic E-state index is 0.0418.